The predicted octanol–water partition coefficient (Wildman–Crippen LogP) is 2.29. The second-order valence-electron chi connectivity index (χ2n) is 6.75. The number of nitrogens with one attached hydrogen (secondary N) is 2. The number of nitrogens with zero attached hydrogens (tertiary/aromatic N) is 1. The van der Waals surface area contributed by atoms with E-state index in [4.69, 9.17) is 0 Å². The van der Waals surface area contributed by atoms with Crippen LogP contribution in [0.5, 0.6) is 0 Å². The van der Waals surface area contributed by atoms with Gasteiger partial charge in [0.15, 0.2) is 0 Å². The van der Waals surface area contributed by atoms with Crippen molar-refractivity contribution in [2.75, 3.05) is 26.0 Å². The zero-order valence-electron chi connectivity index (χ0n) is 15.2. The summed E-state index contributed by atoms with van der Waals surface area (Å²) < 4.78 is 41.2. The molecule has 1 aliphatic rings. The summed E-state index contributed by atoms with van der Waals surface area (Å²) in [4.78, 5) is 13.5. The summed E-state index contributed by atoms with van der Waals surface area (Å²) in [7, 11) is -0.0411. The van der Waals surface area contributed by atoms with Crippen molar-refractivity contribution in [2.45, 2.75) is 23.8 Å². The first-order valence-electron chi connectivity index (χ1n) is 8.60. The summed E-state index contributed by atoms with van der Waals surface area (Å²) in [6.45, 7) is 0.148. The van der Waals surface area contributed by atoms with Crippen molar-refractivity contribution in [3.05, 3.63) is 59.4 Å². The Morgan fingerprint density at radius 1 is 1.15 bits per heavy atom. The Morgan fingerprint density at radius 3 is 2.52 bits per heavy atom. The number of likely N-dealkylation sites (N-methyl/N-ethyl adjacent to an activating group) is 1. The summed E-state index contributed by atoms with van der Waals surface area (Å²) >= 11 is 0. The van der Waals surface area contributed by atoms with E-state index in [1.807, 2.05) is 19.0 Å². The largest absolute Gasteiger partial charge is 0.326 e. The number of anilines is 1. The highest BCUT2D eigenvalue weighted by Crippen LogP contribution is 2.26. The minimum absolute atomic E-state index is 0.0654. The van der Waals surface area contributed by atoms with Crippen LogP contribution in [0.1, 0.15) is 23.6 Å². The lowest BCUT2D eigenvalue weighted by atomic mass is 10.0. The average molecular weight is 391 g/mol. The van der Waals surface area contributed by atoms with Gasteiger partial charge in [-0.15, -0.1) is 0 Å². The lowest BCUT2D eigenvalue weighted by Crippen LogP contribution is -2.34. The molecule has 2 aromatic carbocycles. The van der Waals surface area contributed by atoms with E-state index < -0.39 is 10.0 Å². The number of sulfonamides is 1. The maximum atomic E-state index is 13.2. The van der Waals surface area contributed by atoms with Crippen LogP contribution in [-0.2, 0) is 21.2 Å². The molecule has 0 aliphatic carbocycles. The van der Waals surface area contributed by atoms with Gasteiger partial charge in [-0.1, -0.05) is 12.1 Å². The fourth-order valence-corrected chi connectivity index (χ4v) is 4.17. The third-order valence-electron chi connectivity index (χ3n) is 4.63. The van der Waals surface area contributed by atoms with Gasteiger partial charge in [-0.25, -0.2) is 17.5 Å². The molecule has 0 fully saturated rings. The van der Waals surface area contributed by atoms with Crippen LogP contribution in [0.3, 0.4) is 0 Å². The van der Waals surface area contributed by atoms with Crippen LogP contribution >= 0.6 is 0 Å². The Kier molecular flexibility index (Phi) is 5.59. The van der Waals surface area contributed by atoms with E-state index in [1.165, 1.54) is 18.2 Å². The normalized spacial score (nSPS) is 15.3. The van der Waals surface area contributed by atoms with E-state index in [2.05, 4.69) is 10.0 Å². The standard InChI is InChI=1S/C19H22FN3O3S/c1-23(2)18(13-3-6-15(20)7-4-13)12-21-27(25,26)16-8-9-17-14(11-16)5-10-19(24)22-17/h3-4,6-9,11,18,21H,5,10,12H2,1-2H3,(H,22,24). The first-order valence-corrected chi connectivity index (χ1v) is 10.1. The zero-order chi connectivity index (χ0) is 19.6. The van der Waals surface area contributed by atoms with Crippen LogP contribution in [-0.4, -0.2) is 39.9 Å². The number of carbonyl (C=O) groups is 1. The Balaban J connectivity index is 1.77. The number of hydrogen-bond donors (Lipinski definition) is 2. The van der Waals surface area contributed by atoms with Crippen molar-refractivity contribution in [2.24, 2.45) is 0 Å². The van der Waals surface area contributed by atoms with Gasteiger partial charge in [-0.05, 0) is 62.0 Å². The SMILES string of the molecule is CN(C)C(CNS(=O)(=O)c1ccc2c(c1)CCC(=O)N2)c1ccc(F)cc1. The van der Waals surface area contributed by atoms with Gasteiger partial charge in [0.2, 0.25) is 15.9 Å². The summed E-state index contributed by atoms with van der Waals surface area (Å²) in [5.74, 6) is -0.401. The van der Waals surface area contributed by atoms with Gasteiger partial charge in [-0.3, -0.25) is 4.79 Å². The molecule has 144 valence electrons. The minimum Gasteiger partial charge on any atom is -0.326 e. The van der Waals surface area contributed by atoms with Gasteiger partial charge in [-0.2, -0.15) is 0 Å². The van der Waals surface area contributed by atoms with Gasteiger partial charge >= 0.3 is 0 Å². The summed E-state index contributed by atoms with van der Waals surface area (Å²) in [5, 5.41) is 2.74. The van der Waals surface area contributed by atoms with E-state index in [-0.39, 0.29) is 29.2 Å². The molecule has 1 unspecified atom stereocenters. The van der Waals surface area contributed by atoms with Crippen LogP contribution < -0.4 is 10.0 Å². The molecule has 2 aromatic rings. The van der Waals surface area contributed by atoms with Gasteiger partial charge in [0, 0.05) is 24.7 Å². The summed E-state index contributed by atoms with van der Waals surface area (Å²) in [6, 6.07) is 10.5. The van der Waals surface area contributed by atoms with Gasteiger partial charge in [0.25, 0.3) is 0 Å². The number of halogens is 1. The van der Waals surface area contributed by atoms with Crippen molar-refractivity contribution >= 4 is 21.6 Å². The van der Waals surface area contributed by atoms with Crippen molar-refractivity contribution < 1.29 is 17.6 Å². The summed E-state index contributed by atoms with van der Waals surface area (Å²) in [6.07, 6.45) is 0.859. The number of rotatable bonds is 6. The molecular weight excluding hydrogens is 369 g/mol. The smallest absolute Gasteiger partial charge is 0.240 e. The highest BCUT2D eigenvalue weighted by molar-refractivity contribution is 7.89. The Labute approximate surface area is 158 Å². The molecule has 0 spiro atoms. The Bertz CT molecular complexity index is 943. The molecule has 1 atom stereocenters. The van der Waals surface area contributed by atoms with Crippen LogP contribution in [0.4, 0.5) is 10.1 Å². The maximum absolute atomic E-state index is 13.2. The van der Waals surface area contributed by atoms with Crippen molar-refractivity contribution in [1.82, 2.24) is 9.62 Å². The predicted molar refractivity (Wildman–Crippen MR) is 101 cm³/mol. The molecule has 0 saturated carbocycles. The Hall–Kier alpha value is -2.29. The highest BCUT2D eigenvalue weighted by Gasteiger charge is 2.22. The minimum atomic E-state index is -3.72. The quantitative estimate of drug-likeness (QED) is 0.792. The number of benzene rings is 2. The van der Waals surface area contributed by atoms with Crippen molar-refractivity contribution in [1.29, 1.82) is 0 Å². The first-order chi connectivity index (χ1) is 12.8. The number of carbonyl (C=O) groups excluding carboxylic acids is 1. The number of fused-ring (bicyclic) bond motifs is 1. The molecule has 1 heterocycles. The Morgan fingerprint density at radius 2 is 1.85 bits per heavy atom. The molecule has 27 heavy (non-hydrogen) atoms. The molecule has 0 radical (unpaired) electrons. The fourth-order valence-electron chi connectivity index (χ4n) is 3.08. The molecule has 1 amide bonds. The zero-order valence-corrected chi connectivity index (χ0v) is 16.0. The number of hydrogen-bond acceptors (Lipinski definition) is 4. The maximum Gasteiger partial charge on any atom is 0.240 e. The van der Waals surface area contributed by atoms with Crippen molar-refractivity contribution in [3.63, 3.8) is 0 Å². The molecular formula is C19H22FN3O3S. The van der Waals surface area contributed by atoms with E-state index in [1.54, 1.807) is 24.3 Å². The lowest BCUT2D eigenvalue weighted by Gasteiger charge is -2.25. The number of aryl methyl sites for hydroxylation is 1. The molecule has 1 aliphatic heterocycles. The molecule has 0 bridgehead atoms. The van der Waals surface area contributed by atoms with Crippen LogP contribution in [0, 0.1) is 5.82 Å². The third kappa shape index (κ3) is 4.52. The second-order valence-corrected chi connectivity index (χ2v) is 8.52. The van der Waals surface area contributed by atoms with Crippen molar-refractivity contribution in [3.8, 4) is 0 Å². The van der Waals surface area contributed by atoms with E-state index >= 15 is 0 Å². The van der Waals surface area contributed by atoms with Gasteiger partial charge in [0.05, 0.1) is 4.90 Å². The van der Waals surface area contributed by atoms with E-state index in [0.717, 1.165) is 11.1 Å². The lowest BCUT2D eigenvalue weighted by molar-refractivity contribution is -0.116. The molecule has 3 rings (SSSR count). The van der Waals surface area contributed by atoms with Gasteiger partial charge in [0.1, 0.15) is 5.82 Å². The summed E-state index contributed by atoms with van der Waals surface area (Å²) in [5.41, 5.74) is 2.28. The fraction of sp³-hybridized carbons (Fsp3) is 0.316. The molecule has 0 aromatic heterocycles. The van der Waals surface area contributed by atoms with Gasteiger partial charge < -0.3 is 10.2 Å². The highest BCUT2D eigenvalue weighted by atomic mass is 32.2. The molecule has 6 nitrogen and oxygen atoms in total. The second kappa shape index (κ2) is 7.75. The molecule has 8 heteroatoms. The van der Waals surface area contributed by atoms with Crippen LogP contribution in [0.15, 0.2) is 47.4 Å². The average Bonchev–Trinajstić information content (AvgIpc) is 2.62. The topological polar surface area (TPSA) is 78.5 Å². The monoisotopic (exact) mass is 391 g/mol. The number of amides is 1. The third-order valence-corrected chi connectivity index (χ3v) is 6.05. The van der Waals surface area contributed by atoms with Crippen LogP contribution in [0.2, 0.25) is 0 Å². The molecule has 0 saturated heterocycles. The first kappa shape index (κ1) is 19.5. The van der Waals surface area contributed by atoms with E-state index in [9.17, 15) is 17.6 Å². The van der Waals surface area contributed by atoms with Crippen LogP contribution in [0.25, 0.3) is 0 Å². The molecule has 2 N–H and O–H groups in total. The van der Waals surface area contributed by atoms with E-state index in [0.29, 0.717) is 18.5 Å².